The Hall–Kier alpha value is -2.69. The molecule has 4 rings (SSSR count). The number of methoxy groups -OCH3 is 1. The van der Waals surface area contributed by atoms with Crippen LogP contribution in [0.3, 0.4) is 0 Å². The quantitative estimate of drug-likeness (QED) is 0.370. The largest absolute Gasteiger partial charge is 0.504 e. The Bertz CT molecular complexity index is 1120. The van der Waals surface area contributed by atoms with E-state index >= 15 is 0 Å². The molecular weight excluding hydrogens is 492 g/mol. The molecule has 4 aliphatic rings. The predicted octanol–water partition coefficient (Wildman–Crippen LogP) is 1.75. The molecule has 1 heterocycles. The maximum absolute atomic E-state index is 14.0. The maximum atomic E-state index is 14.0. The van der Waals surface area contributed by atoms with E-state index in [1.807, 2.05) is 44.8 Å². The number of ether oxygens (including phenoxy) is 3. The molecule has 38 heavy (non-hydrogen) atoms. The number of allylic oxidation sites excluding steroid dienone is 1. The Morgan fingerprint density at radius 3 is 2.47 bits per heavy atom. The summed E-state index contributed by atoms with van der Waals surface area (Å²) in [6.07, 6.45) is 0.537. The van der Waals surface area contributed by atoms with Gasteiger partial charge in [-0.3, -0.25) is 9.59 Å². The SMILES string of the molecule is COC[C@H]1OC(=O)/C(=C/N(C)CCN(C)C)C2=C(O)C(=O)C3=C([C@H](OC(C)=O)C[C@]4(C)[C@@H](O)CC[C@@H]34)[C@]21C. The molecule has 1 saturated carbocycles. The highest BCUT2D eigenvalue weighted by molar-refractivity contribution is 6.13. The van der Waals surface area contributed by atoms with Gasteiger partial charge in [-0.05, 0) is 51.8 Å². The van der Waals surface area contributed by atoms with Crippen molar-refractivity contribution in [3.63, 3.8) is 0 Å². The van der Waals surface area contributed by atoms with E-state index in [1.54, 1.807) is 6.20 Å². The maximum Gasteiger partial charge on any atom is 0.340 e. The number of aliphatic hydroxyl groups is 2. The lowest BCUT2D eigenvalue weighted by Crippen LogP contribution is -2.57. The lowest BCUT2D eigenvalue weighted by atomic mass is 9.53. The minimum Gasteiger partial charge on any atom is -0.504 e. The van der Waals surface area contributed by atoms with E-state index in [9.17, 15) is 24.6 Å². The minimum absolute atomic E-state index is 0.00505. The van der Waals surface area contributed by atoms with Crippen molar-refractivity contribution in [2.45, 2.75) is 58.3 Å². The number of nitrogens with zero attached hydrogens (tertiary/aromatic N) is 2. The molecule has 210 valence electrons. The molecule has 0 aromatic heterocycles. The van der Waals surface area contributed by atoms with Gasteiger partial charge in [0.1, 0.15) is 12.2 Å². The van der Waals surface area contributed by atoms with Crippen molar-refractivity contribution >= 4 is 17.7 Å². The first-order chi connectivity index (χ1) is 17.8. The average molecular weight is 533 g/mol. The zero-order valence-corrected chi connectivity index (χ0v) is 23.4. The summed E-state index contributed by atoms with van der Waals surface area (Å²) < 4.78 is 17.2. The lowest BCUT2D eigenvalue weighted by Gasteiger charge is -2.54. The van der Waals surface area contributed by atoms with Gasteiger partial charge in [0, 0.05) is 56.9 Å². The van der Waals surface area contributed by atoms with Crippen LogP contribution >= 0.6 is 0 Å². The molecule has 0 spiro atoms. The van der Waals surface area contributed by atoms with Crippen LogP contribution in [-0.4, -0.2) is 104 Å². The van der Waals surface area contributed by atoms with Crippen molar-refractivity contribution in [3.8, 4) is 0 Å². The fourth-order valence-electron chi connectivity index (χ4n) is 6.92. The Balaban J connectivity index is 1.95. The number of Topliss-reactive ketones (excluding diaryl/α,β-unsaturated/α-hetero) is 1. The van der Waals surface area contributed by atoms with Crippen LogP contribution in [0.2, 0.25) is 0 Å². The van der Waals surface area contributed by atoms with Crippen LogP contribution in [0.4, 0.5) is 0 Å². The first kappa shape index (κ1) is 28.3. The van der Waals surface area contributed by atoms with E-state index in [-0.39, 0.29) is 23.7 Å². The lowest BCUT2D eigenvalue weighted by molar-refractivity contribution is -0.161. The van der Waals surface area contributed by atoms with Crippen LogP contribution in [0.5, 0.6) is 0 Å². The molecule has 0 aromatic rings. The summed E-state index contributed by atoms with van der Waals surface area (Å²) in [5.41, 5.74) is -0.797. The fourth-order valence-corrected chi connectivity index (χ4v) is 6.92. The standard InChI is InChI=1S/C28H40N2O8/c1-15(31)37-18-12-27(2)17(8-9-19(27)32)21-23(18)28(3)20(14-36-7)38-26(35)16(22(28)25(34)24(21)33)13-30(6)11-10-29(4)5/h13,17-20,32,34H,8-12,14H2,1-7H3/b16-13+/t17-,18+,19-,20+,27-,28-/m0/s1. The molecular formula is C28H40N2O8. The van der Waals surface area contributed by atoms with Crippen molar-refractivity contribution in [3.05, 3.63) is 34.3 Å². The molecule has 10 heteroatoms. The van der Waals surface area contributed by atoms with Crippen molar-refractivity contribution < 1.29 is 38.8 Å². The molecule has 0 unspecified atom stereocenters. The number of cyclic esters (lactones) is 1. The van der Waals surface area contributed by atoms with Gasteiger partial charge in [-0.1, -0.05) is 6.92 Å². The van der Waals surface area contributed by atoms with E-state index < -0.39 is 52.6 Å². The highest BCUT2D eigenvalue weighted by Crippen LogP contribution is 2.63. The smallest absolute Gasteiger partial charge is 0.340 e. The zero-order valence-electron chi connectivity index (χ0n) is 23.4. The molecule has 0 radical (unpaired) electrons. The molecule has 0 aromatic carbocycles. The van der Waals surface area contributed by atoms with Crippen molar-refractivity contribution in [2.75, 3.05) is 47.9 Å². The van der Waals surface area contributed by atoms with Gasteiger partial charge in [0.05, 0.1) is 23.7 Å². The topological polar surface area (TPSA) is 126 Å². The van der Waals surface area contributed by atoms with Gasteiger partial charge in [-0.25, -0.2) is 4.79 Å². The molecule has 0 bridgehead atoms. The second kappa shape index (κ2) is 10.1. The van der Waals surface area contributed by atoms with Crippen LogP contribution in [0.25, 0.3) is 0 Å². The highest BCUT2D eigenvalue weighted by atomic mass is 16.6. The van der Waals surface area contributed by atoms with Gasteiger partial charge >= 0.3 is 11.9 Å². The number of ketones is 1. The second-order valence-electron chi connectivity index (χ2n) is 11.7. The summed E-state index contributed by atoms with van der Waals surface area (Å²) in [5.74, 6) is -2.64. The molecule has 1 aliphatic heterocycles. The number of esters is 2. The number of carbonyl (C=O) groups is 3. The molecule has 0 amide bonds. The fraction of sp³-hybridized carbons (Fsp3) is 0.679. The number of aliphatic hydroxyl groups excluding tert-OH is 2. The van der Waals surface area contributed by atoms with Gasteiger partial charge < -0.3 is 34.2 Å². The zero-order chi connectivity index (χ0) is 28.2. The second-order valence-corrected chi connectivity index (χ2v) is 11.7. The summed E-state index contributed by atoms with van der Waals surface area (Å²) in [4.78, 5) is 43.4. The third-order valence-electron chi connectivity index (χ3n) is 8.91. The Morgan fingerprint density at radius 1 is 1.18 bits per heavy atom. The predicted molar refractivity (Wildman–Crippen MR) is 138 cm³/mol. The molecule has 10 nitrogen and oxygen atoms in total. The van der Waals surface area contributed by atoms with Crippen LogP contribution < -0.4 is 0 Å². The summed E-state index contributed by atoms with van der Waals surface area (Å²) >= 11 is 0. The summed E-state index contributed by atoms with van der Waals surface area (Å²) in [5, 5.41) is 22.4. The first-order valence-corrected chi connectivity index (χ1v) is 13.1. The Morgan fingerprint density at radius 2 is 1.87 bits per heavy atom. The van der Waals surface area contributed by atoms with Crippen LogP contribution in [0, 0.1) is 16.7 Å². The normalized spacial score (nSPS) is 35.8. The van der Waals surface area contributed by atoms with Crippen LogP contribution in [0.1, 0.15) is 40.0 Å². The van der Waals surface area contributed by atoms with Gasteiger partial charge in [-0.2, -0.15) is 0 Å². The minimum atomic E-state index is -1.21. The first-order valence-electron chi connectivity index (χ1n) is 13.1. The van der Waals surface area contributed by atoms with Crippen molar-refractivity contribution in [2.24, 2.45) is 16.7 Å². The molecule has 2 fully saturated rings. The molecule has 2 N–H and O–H groups in total. The van der Waals surface area contributed by atoms with Crippen molar-refractivity contribution in [1.29, 1.82) is 0 Å². The number of fused-ring (bicyclic) bond motifs is 4. The van der Waals surface area contributed by atoms with E-state index in [0.717, 1.165) is 6.54 Å². The van der Waals surface area contributed by atoms with E-state index in [2.05, 4.69) is 0 Å². The average Bonchev–Trinajstić information content (AvgIpc) is 3.12. The van der Waals surface area contributed by atoms with Crippen molar-refractivity contribution in [1.82, 2.24) is 9.80 Å². The summed E-state index contributed by atoms with van der Waals surface area (Å²) in [6.45, 7) is 6.33. The van der Waals surface area contributed by atoms with Crippen LogP contribution in [-0.2, 0) is 28.6 Å². The van der Waals surface area contributed by atoms with Gasteiger partial charge in [-0.15, -0.1) is 0 Å². The monoisotopic (exact) mass is 532 g/mol. The summed E-state index contributed by atoms with van der Waals surface area (Å²) in [6, 6.07) is 0. The number of likely N-dealkylation sites (N-methyl/N-ethyl adjacent to an activating group) is 2. The van der Waals surface area contributed by atoms with E-state index in [1.165, 1.54) is 14.0 Å². The Labute approximate surface area is 223 Å². The number of hydrogen-bond donors (Lipinski definition) is 2. The van der Waals surface area contributed by atoms with E-state index in [4.69, 9.17) is 14.2 Å². The number of rotatable bonds is 7. The van der Waals surface area contributed by atoms with Gasteiger partial charge in [0.15, 0.2) is 5.76 Å². The van der Waals surface area contributed by atoms with Gasteiger partial charge in [0.2, 0.25) is 5.78 Å². The molecule has 6 atom stereocenters. The number of carbonyl (C=O) groups excluding carboxylic acids is 3. The van der Waals surface area contributed by atoms with E-state index in [0.29, 0.717) is 37.0 Å². The van der Waals surface area contributed by atoms with Gasteiger partial charge in [0.25, 0.3) is 0 Å². The third kappa shape index (κ3) is 4.36. The highest BCUT2D eigenvalue weighted by Gasteiger charge is 2.64. The number of hydrogen-bond acceptors (Lipinski definition) is 10. The third-order valence-corrected chi connectivity index (χ3v) is 8.91. The summed E-state index contributed by atoms with van der Waals surface area (Å²) in [7, 11) is 7.18. The Kier molecular flexibility index (Phi) is 7.55. The van der Waals surface area contributed by atoms with Crippen LogP contribution in [0.15, 0.2) is 34.3 Å². The molecule has 3 aliphatic carbocycles. The molecule has 1 saturated heterocycles.